The largest absolute Gasteiger partial charge is 0.390 e. The lowest BCUT2D eigenvalue weighted by molar-refractivity contribution is -0.0725. The molecule has 1 aliphatic heterocycles. The molecule has 0 aromatic heterocycles. The molecule has 0 radical (unpaired) electrons. The Labute approximate surface area is 80.3 Å². The first-order chi connectivity index (χ1) is 6.36. The molecule has 0 spiro atoms. The van der Waals surface area contributed by atoms with Gasteiger partial charge in [-0.2, -0.15) is 0 Å². The van der Waals surface area contributed by atoms with Gasteiger partial charge < -0.3 is 9.84 Å². The van der Waals surface area contributed by atoms with Crippen molar-refractivity contribution < 1.29 is 9.84 Å². The molecule has 13 heavy (non-hydrogen) atoms. The summed E-state index contributed by atoms with van der Waals surface area (Å²) in [5.74, 6) is 0.792. The van der Waals surface area contributed by atoms with Crippen molar-refractivity contribution in [1.82, 2.24) is 0 Å². The number of ether oxygens (including phenoxy) is 1. The summed E-state index contributed by atoms with van der Waals surface area (Å²) in [5, 5.41) is 9.88. The van der Waals surface area contributed by atoms with E-state index in [0.29, 0.717) is 0 Å². The van der Waals surface area contributed by atoms with Crippen molar-refractivity contribution >= 4 is 0 Å². The quantitative estimate of drug-likeness (QED) is 0.728. The average Bonchev–Trinajstić information content (AvgIpc) is 2.12. The van der Waals surface area contributed by atoms with Gasteiger partial charge in [-0.3, -0.25) is 0 Å². The Hall–Kier alpha value is -0.0800. The van der Waals surface area contributed by atoms with Gasteiger partial charge in [0.2, 0.25) is 0 Å². The van der Waals surface area contributed by atoms with Gasteiger partial charge in [-0.15, -0.1) is 0 Å². The summed E-state index contributed by atoms with van der Waals surface area (Å²) in [6, 6.07) is 0. The molecule has 0 bridgehead atoms. The standard InChI is InChI=1S/C11H20O2/c12-10(8-9-4-3-5-9)11-6-1-2-7-13-11/h9-12H,1-8H2. The normalized spacial score (nSPS) is 32.5. The van der Waals surface area contributed by atoms with Crippen LogP contribution in [-0.4, -0.2) is 23.9 Å². The second-order valence-corrected chi connectivity index (χ2v) is 4.51. The van der Waals surface area contributed by atoms with Gasteiger partial charge in [-0.25, -0.2) is 0 Å². The number of hydrogen-bond donors (Lipinski definition) is 1. The zero-order chi connectivity index (χ0) is 9.10. The molecule has 2 aliphatic rings. The first-order valence-electron chi connectivity index (χ1n) is 5.66. The van der Waals surface area contributed by atoms with E-state index in [2.05, 4.69) is 0 Å². The van der Waals surface area contributed by atoms with Gasteiger partial charge in [0, 0.05) is 6.61 Å². The topological polar surface area (TPSA) is 29.5 Å². The van der Waals surface area contributed by atoms with Gasteiger partial charge in [0.1, 0.15) is 0 Å². The molecule has 1 aliphatic carbocycles. The zero-order valence-corrected chi connectivity index (χ0v) is 8.24. The van der Waals surface area contributed by atoms with Crippen LogP contribution in [-0.2, 0) is 4.74 Å². The molecule has 2 rings (SSSR count). The van der Waals surface area contributed by atoms with Crippen LogP contribution in [0.15, 0.2) is 0 Å². The number of aliphatic hydroxyl groups excluding tert-OH is 1. The Bertz CT molecular complexity index is 148. The maximum atomic E-state index is 9.88. The Balaban J connectivity index is 1.70. The highest BCUT2D eigenvalue weighted by Crippen LogP contribution is 2.32. The SMILES string of the molecule is OC(CC1CCC1)C1CCCCO1. The monoisotopic (exact) mass is 184 g/mol. The lowest BCUT2D eigenvalue weighted by Crippen LogP contribution is -2.34. The molecule has 2 heteroatoms. The first kappa shape index (κ1) is 9.47. The maximum absolute atomic E-state index is 9.88. The Kier molecular flexibility index (Phi) is 3.23. The predicted molar refractivity (Wildman–Crippen MR) is 51.6 cm³/mol. The predicted octanol–water partition coefficient (Wildman–Crippen LogP) is 2.11. The van der Waals surface area contributed by atoms with Gasteiger partial charge in [0.15, 0.2) is 0 Å². The minimum Gasteiger partial charge on any atom is -0.390 e. The first-order valence-corrected chi connectivity index (χ1v) is 5.66. The van der Waals surface area contributed by atoms with Crippen molar-refractivity contribution in [2.24, 2.45) is 5.92 Å². The highest BCUT2D eigenvalue weighted by atomic mass is 16.5. The number of aliphatic hydroxyl groups is 1. The van der Waals surface area contributed by atoms with E-state index in [1.54, 1.807) is 0 Å². The van der Waals surface area contributed by atoms with E-state index in [9.17, 15) is 5.11 Å². The molecule has 2 nitrogen and oxygen atoms in total. The van der Waals surface area contributed by atoms with Gasteiger partial charge in [-0.1, -0.05) is 19.3 Å². The third-order valence-electron chi connectivity index (χ3n) is 3.44. The van der Waals surface area contributed by atoms with Gasteiger partial charge in [0.25, 0.3) is 0 Å². The van der Waals surface area contributed by atoms with E-state index in [4.69, 9.17) is 4.74 Å². The lowest BCUT2D eigenvalue weighted by Gasteiger charge is -2.32. The molecule has 0 amide bonds. The minimum absolute atomic E-state index is 0.148. The summed E-state index contributed by atoms with van der Waals surface area (Å²) >= 11 is 0. The van der Waals surface area contributed by atoms with Crippen LogP contribution < -0.4 is 0 Å². The van der Waals surface area contributed by atoms with E-state index in [1.165, 1.54) is 32.1 Å². The Morgan fingerprint density at radius 3 is 2.54 bits per heavy atom. The van der Waals surface area contributed by atoms with Crippen molar-refractivity contribution in [3.63, 3.8) is 0 Å². The third kappa shape index (κ3) is 2.44. The van der Waals surface area contributed by atoms with Crippen LogP contribution in [0.25, 0.3) is 0 Å². The zero-order valence-electron chi connectivity index (χ0n) is 8.24. The van der Waals surface area contributed by atoms with Crippen LogP contribution in [0.2, 0.25) is 0 Å². The molecule has 1 saturated heterocycles. The highest BCUT2D eigenvalue weighted by molar-refractivity contribution is 4.79. The Morgan fingerprint density at radius 2 is 2.00 bits per heavy atom. The fourth-order valence-electron chi connectivity index (χ4n) is 2.29. The maximum Gasteiger partial charge on any atom is 0.0834 e. The van der Waals surface area contributed by atoms with Gasteiger partial charge >= 0.3 is 0 Å². The molecule has 1 saturated carbocycles. The molecular weight excluding hydrogens is 164 g/mol. The summed E-state index contributed by atoms with van der Waals surface area (Å²) in [5.41, 5.74) is 0. The van der Waals surface area contributed by atoms with Crippen molar-refractivity contribution in [2.75, 3.05) is 6.61 Å². The average molecular weight is 184 g/mol. The fraction of sp³-hybridized carbons (Fsp3) is 1.00. The van der Waals surface area contributed by atoms with Crippen LogP contribution in [0, 0.1) is 5.92 Å². The minimum atomic E-state index is -0.189. The summed E-state index contributed by atoms with van der Waals surface area (Å²) in [6.45, 7) is 0.854. The van der Waals surface area contributed by atoms with E-state index in [0.717, 1.165) is 25.4 Å². The van der Waals surface area contributed by atoms with Gasteiger partial charge in [-0.05, 0) is 31.6 Å². The molecule has 2 atom stereocenters. The van der Waals surface area contributed by atoms with E-state index < -0.39 is 0 Å². The van der Waals surface area contributed by atoms with Crippen LogP contribution >= 0.6 is 0 Å². The summed E-state index contributed by atoms with van der Waals surface area (Å²) in [6.07, 6.45) is 8.41. The molecule has 2 fully saturated rings. The summed E-state index contributed by atoms with van der Waals surface area (Å²) < 4.78 is 5.56. The molecular formula is C11H20O2. The number of hydrogen-bond acceptors (Lipinski definition) is 2. The smallest absolute Gasteiger partial charge is 0.0834 e. The van der Waals surface area contributed by atoms with Crippen molar-refractivity contribution in [3.05, 3.63) is 0 Å². The highest BCUT2D eigenvalue weighted by Gasteiger charge is 2.27. The van der Waals surface area contributed by atoms with E-state index >= 15 is 0 Å². The van der Waals surface area contributed by atoms with Crippen molar-refractivity contribution in [3.8, 4) is 0 Å². The Morgan fingerprint density at radius 1 is 1.15 bits per heavy atom. The third-order valence-corrected chi connectivity index (χ3v) is 3.44. The fourth-order valence-corrected chi connectivity index (χ4v) is 2.29. The van der Waals surface area contributed by atoms with Crippen LogP contribution in [0.4, 0.5) is 0 Å². The molecule has 2 unspecified atom stereocenters. The van der Waals surface area contributed by atoms with E-state index in [1.807, 2.05) is 0 Å². The summed E-state index contributed by atoms with van der Waals surface area (Å²) in [7, 11) is 0. The van der Waals surface area contributed by atoms with Gasteiger partial charge in [0.05, 0.1) is 12.2 Å². The molecule has 76 valence electrons. The number of rotatable bonds is 3. The van der Waals surface area contributed by atoms with Crippen LogP contribution in [0.5, 0.6) is 0 Å². The summed E-state index contributed by atoms with van der Waals surface area (Å²) in [4.78, 5) is 0. The van der Waals surface area contributed by atoms with Crippen LogP contribution in [0.1, 0.15) is 44.9 Å². The molecule has 0 aromatic rings. The molecule has 0 aromatic carbocycles. The van der Waals surface area contributed by atoms with Crippen LogP contribution in [0.3, 0.4) is 0 Å². The molecule has 1 heterocycles. The second-order valence-electron chi connectivity index (χ2n) is 4.51. The van der Waals surface area contributed by atoms with E-state index in [-0.39, 0.29) is 12.2 Å². The lowest BCUT2D eigenvalue weighted by atomic mass is 9.80. The van der Waals surface area contributed by atoms with Crippen molar-refractivity contribution in [1.29, 1.82) is 0 Å². The second kappa shape index (κ2) is 4.43. The van der Waals surface area contributed by atoms with Crippen molar-refractivity contribution in [2.45, 2.75) is 57.2 Å². The molecule has 1 N–H and O–H groups in total.